The van der Waals surface area contributed by atoms with Crippen LogP contribution in [0.3, 0.4) is 0 Å². The summed E-state index contributed by atoms with van der Waals surface area (Å²) in [5, 5.41) is 2.28. The van der Waals surface area contributed by atoms with Gasteiger partial charge in [-0.15, -0.1) is 0 Å². The molecule has 0 unspecified atom stereocenters. The molecule has 0 bridgehead atoms. The number of carbonyl (C=O) groups is 1. The molecule has 1 amide bonds. The molecule has 3 rings (SSSR count). The molecule has 1 aromatic carbocycles. The molecule has 0 radical (unpaired) electrons. The minimum absolute atomic E-state index is 0.247. The van der Waals surface area contributed by atoms with Gasteiger partial charge in [0.2, 0.25) is 0 Å². The molecule has 0 atom stereocenters. The second-order valence-corrected chi connectivity index (χ2v) is 6.19. The first-order valence-electron chi connectivity index (χ1n) is 5.29. The lowest BCUT2D eigenvalue weighted by Gasteiger charge is -2.09. The van der Waals surface area contributed by atoms with Gasteiger partial charge in [-0.2, -0.15) is 4.99 Å². The molecule has 92 valence electrons. The van der Waals surface area contributed by atoms with E-state index in [0.29, 0.717) is 10.6 Å². The van der Waals surface area contributed by atoms with Gasteiger partial charge in [0.1, 0.15) is 0 Å². The van der Waals surface area contributed by atoms with Gasteiger partial charge in [-0.3, -0.25) is 14.7 Å². The Kier molecular flexibility index (Phi) is 3.32. The van der Waals surface area contributed by atoms with Gasteiger partial charge in [0.15, 0.2) is 10.3 Å². The molecule has 2 aliphatic rings. The molecule has 7 heteroatoms. The van der Waals surface area contributed by atoms with Gasteiger partial charge in [-0.1, -0.05) is 11.6 Å². The van der Waals surface area contributed by atoms with E-state index in [1.165, 1.54) is 10.8 Å². The molecule has 1 fully saturated rings. The van der Waals surface area contributed by atoms with Gasteiger partial charge in [-0.25, -0.2) is 0 Å². The van der Waals surface area contributed by atoms with E-state index < -0.39 is 0 Å². The number of carbonyl (C=O) groups excluding carboxylic acids is 1. The Morgan fingerprint density at radius 2 is 2.11 bits per heavy atom. The van der Waals surface area contributed by atoms with E-state index in [1.54, 1.807) is 35.1 Å². The van der Waals surface area contributed by atoms with Crippen LogP contribution in [-0.2, 0) is 0 Å². The first kappa shape index (κ1) is 12.1. The van der Waals surface area contributed by atoms with Crippen LogP contribution in [0.5, 0.6) is 0 Å². The summed E-state index contributed by atoms with van der Waals surface area (Å²) in [6.07, 6.45) is 0. The normalized spacial score (nSPS) is 20.2. The number of halogens is 1. The van der Waals surface area contributed by atoms with Gasteiger partial charge in [-0.05, 0) is 45.9 Å². The monoisotopic (exact) mass is 297 g/mol. The van der Waals surface area contributed by atoms with Crippen molar-refractivity contribution in [2.24, 2.45) is 9.98 Å². The average Bonchev–Trinajstić information content (AvgIpc) is 2.95. The highest BCUT2D eigenvalue weighted by atomic mass is 35.5. The van der Waals surface area contributed by atoms with E-state index in [1.807, 2.05) is 4.90 Å². The number of amidine groups is 2. The minimum atomic E-state index is -0.247. The third kappa shape index (κ3) is 2.28. The molecule has 1 saturated heterocycles. The van der Waals surface area contributed by atoms with Crippen molar-refractivity contribution < 1.29 is 4.79 Å². The van der Waals surface area contributed by atoms with Crippen molar-refractivity contribution in [3.05, 3.63) is 34.9 Å². The smallest absolute Gasteiger partial charge is 0.279 e. The molecule has 2 aliphatic heterocycles. The Bertz CT molecular complexity index is 556. The first-order chi connectivity index (χ1) is 8.74. The van der Waals surface area contributed by atoms with Crippen LogP contribution in [0.15, 0.2) is 34.3 Å². The summed E-state index contributed by atoms with van der Waals surface area (Å²) in [5.74, 6) is -0.247. The Labute approximate surface area is 117 Å². The van der Waals surface area contributed by atoms with Crippen LogP contribution >= 0.6 is 33.2 Å². The zero-order valence-corrected chi connectivity index (χ0v) is 11.6. The predicted molar refractivity (Wildman–Crippen MR) is 77.4 cm³/mol. The zero-order valence-electron chi connectivity index (χ0n) is 9.17. The van der Waals surface area contributed by atoms with Crippen LogP contribution in [0.1, 0.15) is 10.4 Å². The van der Waals surface area contributed by atoms with Crippen molar-refractivity contribution in [1.82, 2.24) is 4.90 Å². The van der Waals surface area contributed by atoms with E-state index >= 15 is 0 Å². The molecule has 0 N–H and O–H groups in total. The quantitative estimate of drug-likeness (QED) is 0.748. The zero-order chi connectivity index (χ0) is 12.5. The highest BCUT2D eigenvalue weighted by Crippen LogP contribution is 2.38. The molecule has 18 heavy (non-hydrogen) atoms. The number of fused-ring (bicyclic) bond motifs is 1. The van der Waals surface area contributed by atoms with Crippen molar-refractivity contribution in [2.45, 2.75) is 0 Å². The number of nitrogens with zero attached hydrogens (tertiary/aromatic N) is 3. The van der Waals surface area contributed by atoms with Crippen molar-refractivity contribution in [3.63, 3.8) is 0 Å². The highest BCUT2D eigenvalue weighted by Gasteiger charge is 2.31. The minimum Gasteiger partial charge on any atom is -0.297 e. The molecular formula is C11H8ClN3OS2. The van der Waals surface area contributed by atoms with Crippen LogP contribution in [0.25, 0.3) is 0 Å². The third-order valence-electron chi connectivity index (χ3n) is 2.51. The largest absolute Gasteiger partial charge is 0.297 e. The van der Waals surface area contributed by atoms with Crippen LogP contribution in [0.4, 0.5) is 0 Å². The second kappa shape index (κ2) is 4.95. The lowest BCUT2D eigenvalue weighted by atomic mass is 10.2. The van der Waals surface area contributed by atoms with Gasteiger partial charge in [0.05, 0.1) is 6.54 Å². The Morgan fingerprint density at radius 3 is 2.89 bits per heavy atom. The van der Waals surface area contributed by atoms with E-state index in [4.69, 9.17) is 11.6 Å². The van der Waals surface area contributed by atoms with Gasteiger partial charge in [0, 0.05) is 17.1 Å². The molecule has 0 saturated carbocycles. The molecule has 4 nitrogen and oxygen atoms in total. The van der Waals surface area contributed by atoms with E-state index in [-0.39, 0.29) is 5.91 Å². The fraction of sp³-hybridized carbons (Fsp3) is 0.182. The maximum atomic E-state index is 12.0. The third-order valence-corrected chi connectivity index (χ3v) is 4.95. The van der Waals surface area contributed by atoms with Crippen molar-refractivity contribution in [3.8, 4) is 0 Å². The fourth-order valence-corrected chi connectivity index (χ4v) is 4.01. The number of aliphatic imine (C=N–C) groups is 2. The van der Waals surface area contributed by atoms with Gasteiger partial charge < -0.3 is 0 Å². The maximum absolute atomic E-state index is 12.0. The molecule has 1 aromatic rings. The molecule has 0 spiro atoms. The average molecular weight is 298 g/mol. The van der Waals surface area contributed by atoms with Crippen LogP contribution in [0, 0.1) is 0 Å². The van der Waals surface area contributed by atoms with Crippen molar-refractivity contribution in [1.29, 1.82) is 0 Å². The fourth-order valence-electron chi connectivity index (χ4n) is 1.62. The van der Waals surface area contributed by atoms with E-state index in [2.05, 4.69) is 9.98 Å². The maximum Gasteiger partial charge on any atom is 0.279 e. The summed E-state index contributed by atoms with van der Waals surface area (Å²) in [6, 6.07) is 6.74. The summed E-state index contributed by atoms with van der Waals surface area (Å²) in [6.45, 7) is 1.58. The number of hydrogen-bond donors (Lipinski definition) is 0. The summed E-state index contributed by atoms with van der Waals surface area (Å²) in [7, 11) is 3.02. The van der Waals surface area contributed by atoms with Crippen LogP contribution < -0.4 is 0 Å². The molecule has 2 heterocycles. The molecule has 0 aromatic heterocycles. The summed E-state index contributed by atoms with van der Waals surface area (Å²) in [4.78, 5) is 22.4. The number of rotatable bonds is 1. The Morgan fingerprint density at radius 1 is 1.33 bits per heavy atom. The lowest BCUT2D eigenvalue weighted by Crippen LogP contribution is -2.26. The Balaban J connectivity index is 1.82. The van der Waals surface area contributed by atoms with Gasteiger partial charge in [0.25, 0.3) is 5.91 Å². The predicted octanol–water partition coefficient (Wildman–Crippen LogP) is 2.90. The number of amides is 1. The van der Waals surface area contributed by atoms with Crippen LogP contribution in [0.2, 0.25) is 5.02 Å². The molecular weight excluding hydrogens is 290 g/mol. The van der Waals surface area contributed by atoms with E-state index in [0.717, 1.165) is 23.4 Å². The topological polar surface area (TPSA) is 45.0 Å². The first-order valence-corrected chi connectivity index (χ1v) is 7.82. The highest BCUT2D eigenvalue weighted by molar-refractivity contribution is 8.88. The molecule has 0 aliphatic carbocycles. The lowest BCUT2D eigenvalue weighted by molar-refractivity contribution is 0.100. The SMILES string of the molecule is O=C(N=C1SSC2=NCCN21)c1ccc(Cl)cc1. The van der Waals surface area contributed by atoms with Crippen molar-refractivity contribution in [2.75, 3.05) is 13.1 Å². The summed E-state index contributed by atoms with van der Waals surface area (Å²) in [5.41, 5.74) is 0.544. The van der Waals surface area contributed by atoms with Crippen LogP contribution in [-0.4, -0.2) is 34.2 Å². The van der Waals surface area contributed by atoms with Gasteiger partial charge >= 0.3 is 0 Å². The van der Waals surface area contributed by atoms with Crippen molar-refractivity contribution >= 4 is 49.4 Å². The number of hydrogen-bond acceptors (Lipinski definition) is 4. The summed E-state index contributed by atoms with van der Waals surface area (Å²) < 4.78 is 0. The Hall–Kier alpha value is -0.980. The number of benzene rings is 1. The second-order valence-electron chi connectivity index (χ2n) is 3.69. The summed E-state index contributed by atoms with van der Waals surface area (Å²) >= 11 is 5.78. The standard InChI is InChI=1S/C11H8ClN3OS2/c12-8-3-1-7(2-4-8)9(16)14-11-15-6-5-13-10(15)17-18-11/h1-4H,5-6H2. The van der Waals surface area contributed by atoms with E-state index in [9.17, 15) is 4.79 Å².